The molecule has 0 saturated carbocycles. The maximum absolute atomic E-state index is 12.1. The summed E-state index contributed by atoms with van der Waals surface area (Å²) in [5.74, 6) is 0.812. The van der Waals surface area contributed by atoms with E-state index in [1.807, 2.05) is 39.0 Å². The fraction of sp³-hybridized carbons (Fsp3) is 0.588. The number of nitrogens with two attached hydrogens (primary N) is 1. The quantitative estimate of drug-likeness (QED) is 0.924. The van der Waals surface area contributed by atoms with Crippen molar-refractivity contribution in [3.8, 4) is 5.75 Å². The summed E-state index contributed by atoms with van der Waals surface area (Å²) >= 11 is 0. The molecule has 1 aliphatic heterocycles. The Kier molecular flexibility index (Phi) is 5.36. The van der Waals surface area contributed by atoms with Crippen LogP contribution in [0, 0.1) is 0 Å². The fourth-order valence-electron chi connectivity index (χ4n) is 2.59. The monoisotopic (exact) mass is 321 g/mol. The van der Waals surface area contributed by atoms with Gasteiger partial charge in [-0.3, -0.25) is 0 Å². The van der Waals surface area contributed by atoms with Crippen LogP contribution in [0.1, 0.15) is 26.3 Å². The van der Waals surface area contributed by atoms with Crippen molar-refractivity contribution in [2.24, 2.45) is 5.73 Å². The summed E-state index contributed by atoms with van der Waals surface area (Å²) in [6, 6.07) is 5.92. The Morgan fingerprint density at radius 3 is 2.39 bits per heavy atom. The highest BCUT2D eigenvalue weighted by atomic mass is 16.6. The topological polar surface area (TPSA) is 68.0 Å². The molecule has 0 aliphatic carbocycles. The largest absolute Gasteiger partial charge is 0.497 e. The molecule has 1 aromatic rings. The number of anilines is 1. The van der Waals surface area contributed by atoms with Crippen molar-refractivity contribution < 1.29 is 14.3 Å². The van der Waals surface area contributed by atoms with E-state index in [2.05, 4.69) is 4.90 Å². The molecule has 1 heterocycles. The minimum Gasteiger partial charge on any atom is -0.497 e. The second-order valence-corrected chi connectivity index (χ2v) is 6.65. The van der Waals surface area contributed by atoms with E-state index in [9.17, 15) is 4.79 Å². The molecule has 0 spiro atoms. The van der Waals surface area contributed by atoms with E-state index in [-0.39, 0.29) is 6.09 Å². The standard InChI is InChI=1S/C17H27N3O3/c1-17(2,3)23-16(21)20-9-7-19(8-10-20)15-11-14(22-4)6-5-13(15)12-18/h5-6,11H,7-10,12,18H2,1-4H3. The van der Waals surface area contributed by atoms with E-state index in [1.165, 1.54) is 0 Å². The van der Waals surface area contributed by atoms with Gasteiger partial charge in [0, 0.05) is 44.5 Å². The summed E-state index contributed by atoms with van der Waals surface area (Å²) in [6.45, 7) is 8.89. The molecular formula is C17H27N3O3. The number of carbonyl (C=O) groups is 1. The van der Waals surface area contributed by atoms with Crippen molar-refractivity contribution in [2.75, 3.05) is 38.2 Å². The molecule has 0 bridgehead atoms. The number of hydrogen-bond donors (Lipinski definition) is 1. The highest BCUT2D eigenvalue weighted by Crippen LogP contribution is 2.27. The second-order valence-electron chi connectivity index (χ2n) is 6.65. The van der Waals surface area contributed by atoms with Gasteiger partial charge in [-0.2, -0.15) is 0 Å². The molecule has 6 heteroatoms. The molecule has 1 aliphatic rings. The van der Waals surface area contributed by atoms with Gasteiger partial charge in [-0.05, 0) is 32.4 Å². The fourth-order valence-corrected chi connectivity index (χ4v) is 2.59. The molecule has 0 radical (unpaired) electrons. The van der Waals surface area contributed by atoms with Gasteiger partial charge in [0.25, 0.3) is 0 Å². The zero-order valence-electron chi connectivity index (χ0n) is 14.5. The lowest BCUT2D eigenvalue weighted by molar-refractivity contribution is 0.0240. The Bertz CT molecular complexity index is 547. The summed E-state index contributed by atoms with van der Waals surface area (Å²) in [7, 11) is 1.65. The number of methoxy groups -OCH3 is 1. The Morgan fingerprint density at radius 1 is 1.22 bits per heavy atom. The average Bonchev–Trinajstić information content (AvgIpc) is 2.52. The van der Waals surface area contributed by atoms with Crippen LogP contribution in [0.3, 0.4) is 0 Å². The number of ether oxygens (including phenoxy) is 2. The van der Waals surface area contributed by atoms with Gasteiger partial charge in [0.15, 0.2) is 0 Å². The smallest absolute Gasteiger partial charge is 0.410 e. The normalized spacial score (nSPS) is 15.5. The third-order valence-corrected chi connectivity index (χ3v) is 3.78. The first-order valence-corrected chi connectivity index (χ1v) is 7.94. The molecule has 128 valence electrons. The predicted molar refractivity (Wildman–Crippen MR) is 90.9 cm³/mol. The summed E-state index contributed by atoms with van der Waals surface area (Å²) in [5.41, 5.74) is 7.54. The van der Waals surface area contributed by atoms with Crippen molar-refractivity contribution in [3.05, 3.63) is 23.8 Å². The first-order valence-electron chi connectivity index (χ1n) is 7.94. The average molecular weight is 321 g/mol. The highest BCUT2D eigenvalue weighted by Gasteiger charge is 2.26. The van der Waals surface area contributed by atoms with Crippen molar-refractivity contribution in [3.63, 3.8) is 0 Å². The number of piperazine rings is 1. The van der Waals surface area contributed by atoms with E-state index in [0.29, 0.717) is 19.6 Å². The molecule has 1 saturated heterocycles. The van der Waals surface area contributed by atoms with Gasteiger partial charge in [-0.25, -0.2) is 4.79 Å². The van der Waals surface area contributed by atoms with Crippen LogP contribution in [-0.2, 0) is 11.3 Å². The molecule has 0 atom stereocenters. The minimum absolute atomic E-state index is 0.248. The highest BCUT2D eigenvalue weighted by molar-refractivity contribution is 5.69. The molecule has 2 rings (SSSR count). The van der Waals surface area contributed by atoms with E-state index in [1.54, 1.807) is 12.0 Å². The molecular weight excluding hydrogens is 294 g/mol. The summed E-state index contributed by atoms with van der Waals surface area (Å²) in [5, 5.41) is 0. The number of nitrogens with zero attached hydrogens (tertiary/aromatic N) is 2. The van der Waals surface area contributed by atoms with Gasteiger partial charge in [0.05, 0.1) is 7.11 Å². The van der Waals surface area contributed by atoms with E-state index in [4.69, 9.17) is 15.2 Å². The van der Waals surface area contributed by atoms with Crippen molar-refractivity contribution >= 4 is 11.8 Å². The molecule has 1 aromatic carbocycles. The van der Waals surface area contributed by atoms with Crippen molar-refractivity contribution in [1.82, 2.24) is 4.90 Å². The predicted octanol–water partition coefficient (Wildman–Crippen LogP) is 2.21. The number of benzene rings is 1. The molecule has 1 fully saturated rings. The third-order valence-electron chi connectivity index (χ3n) is 3.78. The maximum atomic E-state index is 12.1. The summed E-state index contributed by atoms with van der Waals surface area (Å²) < 4.78 is 10.7. The molecule has 6 nitrogen and oxygen atoms in total. The second kappa shape index (κ2) is 7.08. The molecule has 23 heavy (non-hydrogen) atoms. The zero-order chi connectivity index (χ0) is 17.0. The Labute approximate surface area is 138 Å². The lowest BCUT2D eigenvalue weighted by Crippen LogP contribution is -2.50. The third kappa shape index (κ3) is 4.51. The van der Waals surface area contributed by atoms with Crippen LogP contribution in [0.5, 0.6) is 5.75 Å². The minimum atomic E-state index is -0.465. The molecule has 1 amide bonds. The van der Waals surface area contributed by atoms with Gasteiger partial charge in [-0.15, -0.1) is 0 Å². The first-order chi connectivity index (χ1) is 10.8. The molecule has 2 N–H and O–H groups in total. The van der Waals surface area contributed by atoms with Crippen molar-refractivity contribution in [2.45, 2.75) is 32.9 Å². The van der Waals surface area contributed by atoms with Crippen molar-refractivity contribution in [1.29, 1.82) is 0 Å². The number of hydrogen-bond acceptors (Lipinski definition) is 5. The van der Waals surface area contributed by atoms with Gasteiger partial charge < -0.3 is 25.0 Å². The van der Waals surface area contributed by atoms with Crippen LogP contribution in [0.25, 0.3) is 0 Å². The number of amides is 1. The summed E-state index contributed by atoms with van der Waals surface area (Å²) in [6.07, 6.45) is -0.248. The Balaban J connectivity index is 2.03. The molecule has 0 unspecified atom stereocenters. The lowest BCUT2D eigenvalue weighted by atomic mass is 10.1. The van der Waals surface area contributed by atoms with Crippen LogP contribution in [0.15, 0.2) is 18.2 Å². The SMILES string of the molecule is COc1ccc(CN)c(N2CCN(C(=O)OC(C)(C)C)CC2)c1. The number of carbonyl (C=O) groups excluding carboxylic acids is 1. The first kappa shape index (κ1) is 17.4. The van der Waals surface area contributed by atoms with Crippen LogP contribution in [0.2, 0.25) is 0 Å². The van der Waals surface area contributed by atoms with Gasteiger partial charge >= 0.3 is 6.09 Å². The van der Waals surface area contributed by atoms with Crippen LogP contribution in [-0.4, -0.2) is 49.9 Å². The van der Waals surface area contributed by atoms with E-state index < -0.39 is 5.60 Å². The van der Waals surface area contributed by atoms with Gasteiger partial charge in [-0.1, -0.05) is 6.07 Å². The van der Waals surface area contributed by atoms with Crippen LogP contribution < -0.4 is 15.4 Å². The Morgan fingerprint density at radius 2 is 1.87 bits per heavy atom. The van der Waals surface area contributed by atoms with Crippen LogP contribution >= 0.6 is 0 Å². The van der Waals surface area contributed by atoms with Gasteiger partial charge in [0.1, 0.15) is 11.4 Å². The lowest BCUT2D eigenvalue weighted by Gasteiger charge is -2.37. The Hall–Kier alpha value is -1.95. The zero-order valence-corrected chi connectivity index (χ0v) is 14.5. The van der Waals surface area contributed by atoms with E-state index >= 15 is 0 Å². The van der Waals surface area contributed by atoms with E-state index in [0.717, 1.165) is 30.1 Å². The number of rotatable bonds is 3. The molecule has 0 aromatic heterocycles. The van der Waals surface area contributed by atoms with Gasteiger partial charge in [0.2, 0.25) is 0 Å². The van der Waals surface area contributed by atoms with Crippen LogP contribution in [0.4, 0.5) is 10.5 Å². The summed E-state index contributed by atoms with van der Waals surface area (Å²) in [4.78, 5) is 16.1. The maximum Gasteiger partial charge on any atom is 0.410 e.